The maximum atomic E-state index is 6.00. The highest BCUT2D eigenvalue weighted by Gasteiger charge is 2.26. The highest BCUT2D eigenvalue weighted by molar-refractivity contribution is 5.85. The molecule has 2 atom stereocenters. The first-order valence-electron chi connectivity index (χ1n) is 7.47. The van der Waals surface area contributed by atoms with Crippen LogP contribution in [0.1, 0.15) is 24.2 Å². The molecule has 1 saturated heterocycles. The van der Waals surface area contributed by atoms with E-state index in [0.29, 0.717) is 6.04 Å². The number of anilines is 1. The van der Waals surface area contributed by atoms with Crippen LogP contribution >= 0.6 is 12.4 Å². The Hall–Kier alpha value is -1.55. The SMILES string of the molecule is CC1COC(c2ccccc2)CN1Cc1cccc(N)c1.Cl. The van der Waals surface area contributed by atoms with Crippen LogP contribution < -0.4 is 5.73 Å². The van der Waals surface area contributed by atoms with Gasteiger partial charge in [-0.25, -0.2) is 0 Å². The third-order valence-corrected chi connectivity index (χ3v) is 4.07. The van der Waals surface area contributed by atoms with Gasteiger partial charge in [-0.3, -0.25) is 4.90 Å². The van der Waals surface area contributed by atoms with Crippen LogP contribution in [0.15, 0.2) is 54.6 Å². The van der Waals surface area contributed by atoms with Gasteiger partial charge in [-0.15, -0.1) is 12.4 Å². The third kappa shape index (κ3) is 4.01. The zero-order chi connectivity index (χ0) is 14.7. The zero-order valence-corrected chi connectivity index (χ0v) is 13.6. The van der Waals surface area contributed by atoms with Gasteiger partial charge in [-0.05, 0) is 30.2 Å². The molecule has 0 saturated carbocycles. The van der Waals surface area contributed by atoms with Crippen LogP contribution in [0.25, 0.3) is 0 Å². The highest BCUT2D eigenvalue weighted by Crippen LogP contribution is 2.26. The molecule has 1 fully saturated rings. The molecule has 1 aliphatic rings. The minimum absolute atomic E-state index is 0. The molecule has 0 aromatic heterocycles. The summed E-state index contributed by atoms with van der Waals surface area (Å²) in [5.41, 5.74) is 9.21. The quantitative estimate of drug-likeness (QED) is 0.878. The van der Waals surface area contributed by atoms with Crippen molar-refractivity contribution in [3.05, 3.63) is 65.7 Å². The van der Waals surface area contributed by atoms with Crippen LogP contribution in [0.5, 0.6) is 0 Å². The van der Waals surface area contributed by atoms with Crippen LogP contribution in [-0.4, -0.2) is 24.1 Å². The van der Waals surface area contributed by atoms with E-state index in [1.54, 1.807) is 0 Å². The summed E-state index contributed by atoms with van der Waals surface area (Å²) in [6.45, 7) is 4.81. The van der Waals surface area contributed by atoms with Gasteiger partial charge in [0.25, 0.3) is 0 Å². The van der Waals surface area contributed by atoms with Gasteiger partial charge in [-0.2, -0.15) is 0 Å². The van der Waals surface area contributed by atoms with Gasteiger partial charge >= 0.3 is 0 Å². The lowest BCUT2D eigenvalue weighted by molar-refractivity contribution is -0.0633. The first-order chi connectivity index (χ1) is 10.2. The number of morpholine rings is 1. The summed E-state index contributed by atoms with van der Waals surface area (Å²) in [6.07, 6.45) is 0.156. The number of nitrogen functional groups attached to an aromatic ring is 1. The Morgan fingerprint density at radius 3 is 2.64 bits per heavy atom. The van der Waals surface area contributed by atoms with Crippen molar-refractivity contribution in [3.63, 3.8) is 0 Å². The number of ether oxygens (including phenoxy) is 1. The van der Waals surface area contributed by atoms with Crippen LogP contribution in [0.3, 0.4) is 0 Å². The fourth-order valence-corrected chi connectivity index (χ4v) is 2.82. The average Bonchev–Trinajstić information content (AvgIpc) is 2.50. The molecule has 4 heteroatoms. The van der Waals surface area contributed by atoms with E-state index in [1.165, 1.54) is 11.1 Å². The largest absolute Gasteiger partial charge is 0.399 e. The minimum Gasteiger partial charge on any atom is -0.399 e. The van der Waals surface area contributed by atoms with Crippen molar-refractivity contribution < 1.29 is 4.74 Å². The number of halogens is 1. The van der Waals surface area contributed by atoms with Crippen molar-refractivity contribution in [1.29, 1.82) is 0 Å². The second kappa shape index (κ2) is 7.63. The maximum Gasteiger partial charge on any atom is 0.0952 e. The molecule has 2 aromatic carbocycles. The Morgan fingerprint density at radius 1 is 1.14 bits per heavy atom. The molecule has 1 heterocycles. The lowest BCUT2D eigenvalue weighted by Crippen LogP contribution is -2.44. The van der Waals surface area contributed by atoms with E-state index < -0.39 is 0 Å². The monoisotopic (exact) mass is 318 g/mol. The minimum atomic E-state index is 0. The van der Waals surface area contributed by atoms with Gasteiger partial charge in [0, 0.05) is 24.8 Å². The van der Waals surface area contributed by atoms with Crippen molar-refractivity contribution >= 4 is 18.1 Å². The molecule has 22 heavy (non-hydrogen) atoms. The Kier molecular flexibility index (Phi) is 5.83. The van der Waals surface area contributed by atoms with Crippen LogP contribution in [-0.2, 0) is 11.3 Å². The summed E-state index contributed by atoms with van der Waals surface area (Å²) in [6, 6.07) is 19.0. The van der Waals surface area contributed by atoms with Gasteiger partial charge in [0.15, 0.2) is 0 Å². The summed E-state index contributed by atoms with van der Waals surface area (Å²) in [5, 5.41) is 0. The zero-order valence-electron chi connectivity index (χ0n) is 12.8. The maximum absolute atomic E-state index is 6.00. The van der Waals surface area contributed by atoms with Gasteiger partial charge in [0.05, 0.1) is 12.7 Å². The Morgan fingerprint density at radius 2 is 1.91 bits per heavy atom. The second-order valence-corrected chi connectivity index (χ2v) is 5.76. The number of hydrogen-bond acceptors (Lipinski definition) is 3. The molecule has 0 aliphatic carbocycles. The third-order valence-electron chi connectivity index (χ3n) is 4.07. The Balaban J connectivity index is 0.00000176. The normalized spacial score (nSPS) is 22.0. The van der Waals surface area contributed by atoms with E-state index in [0.717, 1.165) is 25.4 Å². The molecule has 2 unspecified atom stereocenters. The molecule has 2 aromatic rings. The lowest BCUT2D eigenvalue weighted by atomic mass is 10.1. The standard InChI is InChI=1S/C18H22N2O.ClH/c1-14-13-21-18(16-7-3-2-4-8-16)12-20(14)11-15-6-5-9-17(19)10-15;/h2-10,14,18H,11-13,19H2,1H3;1H. The Bertz CT molecular complexity index is 591. The predicted octanol–water partition coefficient (Wildman–Crippen LogP) is 3.65. The topological polar surface area (TPSA) is 38.5 Å². The first kappa shape index (κ1) is 16.8. The van der Waals surface area contributed by atoms with E-state index in [1.807, 2.05) is 18.2 Å². The number of nitrogens with two attached hydrogens (primary N) is 1. The molecule has 0 radical (unpaired) electrons. The van der Waals surface area contributed by atoms with Crippen molar-refractivity contribution in [2.45, 2.75) is 25.6 Å². The molecule has 2 N–H and O–H groups in total. The van der Waals surface area contributed by atoms with Crippen molar-refractivity contribution in [1.82, 2.24) is 4.90 Å². The fraction of sp³-hybridized carbons (Fsp3) is 0.333. The average molecular weight is 319 g/mol. The summed E-state index contributed by atoms with van der Waals surface area (Å²) >= 11 is 0. The number of hydrogen-bond donors (Lipinski definition) is 1. The van der Waals surface area contributed by atoms with E-state index in [4.69, 9.17) is 10.5 Å². The molecule has 0 bridgehead atoms. The summed E-state index contributed by atoms with van der Waals surface area (Å²) in [4.78, 5) is 2.47. The molecule has 3 nitrogen and oxygen atoms in total. The summed E-state index contributed by atoms with van der Waals surface area (Å²) in [5.74, 6) is 0. The van der Waals surface area contributed by atoms with Crippen molar-refractivity contribution in [3.8, 4) is 0 Å². The lowest BCUT2D eigenvalue weighted by Gasteiger charge is -2.38. The molecular formula is C18H23ClN2O. The second-order valence-electron chi connectivity index (χ2n) is 5.76. The smallest absolute Gasteiger partial charge is 0.0952 e. The number of rotatable bonds is 3. The predicted molar refractivity (Wildman–Crippen MR) is 93.1 cm³/mol. The number of benzene rings is 2. The number of nitrogens with zero attached hydrogens (tertiary/aromatic N) is 1. The van der Waals surface area contributed by atoms with Gasteiger partial charge in [0.2, 0.25) is 0 Å². The molecule has 0 spiro atoms. The van der Waals surface area contributed by atoms with E-state index in [2.05, 4.69) is 48.2 Å². The molecule has 1 aliphatic heterocycles. The molecule has 118 valence electrons. The van der Waals surface area contributed by atoms with Crippen LogP contribution in [0.4, 0.5) is 5.69 Å². The summed E-state index contributed by atoms with van der Waals surface area (Å²) < 4.78 is 6.00. The molecule has 0 amide bonds. The molecule has 3 rings (SSSR count). The fourth-order valence-electron chi connectivity index (χ4n) is 2.82. The highest BCUT2D eigenvalue weighted by atomic mass is 35.5. The van der Waals surface area contributed by atoms with E-state index in [9.17, 15) is 0 Å². The van der Waals surface area contributed by atoms with Crippen molar-refractivity contribution in [2.24, 2.45) is 0 Å². The van der Waals surface area contributed by atoms with Gasteiger partial charge in [0.1, 0.15) is 0 Å². The van der Waals surface area contributed by atoms with Gasteiger partial charge in [-0.1, -0.05) is 42.5 Å². The van der Waals surface area contributed by atoms with E-state index in [-0.39, 0.29) is 18.5 Å². The van der Waals surface area contributed by atoms with Crippen LogP contribution in [0.2, 0.25) is 0 Å². The van der Waals surface area contributed by atoms with E-state index >= 15 is 0 Å². The van der Waals surface area contributed by atoms with Crippen molar-refractivity contribution in [2.75, 3.05) is 18.9 Å². The van der Waals surface area contributed by atoms with Crippen LogP contribution in [0, 0.1) is 0 Å². The van der Waals surface area contributed by atoms with Gasteiger partial charge < -0.3 is 10.5 Å². The first-order valence-corrected chi connectivity index (χ1v) is 7.47. The summed E-state index contributed by atoms with van der Waals surface area (Å²) in [7, 11) is 0. The molecular weight excluding hydrogens is 296 g/mol. The Labute approximate surface area is 138 Å².